The molecular weight excluding hydrogens is 352 g/mol. The van der Waals surface area contributed by atoms with Gasteiger partial charge < -0.3 is 4.74 Å². The maximum absolute atomic E-state index is 12.8. The van der Waals surface area contributed by atoms with Gasteiger partial charge in [0.05, 0.1) is 0 Å². The first-order valence-corrected chi connectivity index (χ1v) is 10.8. The van der Waals surface area contributed by atoms with Crippen LogP contribution in [0.15, 0.2) is 23.8 Å². The molecule has 5 aliphatic rings. The Morgan fingerprint density at radius 2 is 1.79 bits per heavy atom. The second-order valence-corrected chi connectivity index (χ2v) is 10.4. The number of fused-ring (bicyclic) bond motifs is 7. The van der Waals surface area contributed by atoms with Gasteiger partial charge in [0, 0.05) is 18.3 Å². The van der Waals surface area contributed by atoms with Crippen molar-refractivity contribution in [1.82, 2.24) is 0 Å². The fraction of sp³-hybridized carbons (Fsp3) is 0.708. The minimum atomic E-state index is -0.982. The Bertz CT molecular complexity index is 853. The molecule has 0 bridgehead atoms. The average molecular weight is 383 g/mol. The van der Waals surface area contributed by atoms with E-state index in [0.29, 0.717) is 35.9 Å². The van der Waals surface area contributed by atoms with E-state index < -0.39 is 5.60 Å². The van der Waals surface area contributed by atoms with E-state index in [1.54, 1.807) is 6.92 Å². The normalized spacial score (nSPS) is 50.6. The zero-order valence-electron chi connectivity index (χ0n) is 17.3. The van der Waals surface area contributed by atoms with Crippen LogP contribution < -0.4 is 0 Å². The highest BCUT2D eigenvalue weighted by atomic mass is 16.6. The third-order valence-electron chi connectivity index (χ3n) is 9.45. The monoisotopic (exact) mass is 382 g/mol. The molecule has 28 heavy (non-hydrogen) atoms. The van der Waals surface area contributed by atoms with Crippen LogP contribution in [0, 0.1) is 40.4 Å². The number of hydrogen-bond acceptors (Lipinski definition) is 4. The number of carbonyl (C=O) groups is 3. The molecule has 0 aromatic rings. The van der Waals surface area contributed by atoms with Crippen LogP contribution in [0.2, 0.25) is 0 Å². The number of carbonyl (C=O) groups excluding carboxylic acids is 3. The molecule has 4 heteroatoms. The highest BCUT2D eigenvalue weighted by Gasteiger charge is 2.69. The van der Waals surface area contributed by atoms with Gasteiger partial charge in [0.2, 0.25) is 0 Å². The van der Waals surface area contributed by atoms with Gasteiger partial charge >= 0.3 is 5.97 Å². The smallest absolute Gasteiger partial charge is 0.303 e. The summed E-state index contributed by atoms with van der Waals surface area (Å²) in [6.07, 6.45) is 10.9. The number of allylic oxidation sites excluding steroid dienone is 4. The fourth-order valence-electron chi connectivity index (χ4n) is 7.96. The number of ketones is 2. The molecule has 5 rings (SSSR count). The summed E-state index contributed by atoms with van der Waals surface area (Å²) in [7, 11) is 0. The van der Waals surface area contributed by atoms with Crippen LogP contribution in [0.5, 0.6) is 0 Å². The Hall–Kier alpha value is -1.71. The van der Waals surface area contributed by atoms with Gasteiger partial charge in [-0.3, -0.25) is 14.4 Å². The molecule has 0 aromatic carbocycles. The van der Waals surface area contributed by atoms with Crippen molar-refractivity contribution in [1.29, 1.82) is 0 Å². The van der Waals surface area contributed by atoms with Crippen molar-refractivity contribution in [2.45, 2.75) is 65.4 Å². The summed E-state index contributed by atoms with van der Waals surface area (Å²) in [5.41, 5.74) is -0.00957. The molecule has 8 atom stereocenters. The lowest BCUT2D eigenvalue weighted by molar-refractivity contribution is -0.185. The highest BCUT2D eigenvalue weighted by Crippen LogP contribution is 2.71. The minimum Gasteiger partial charge on any atom is -0.451 e. The van der Waals surface area contributed by atoms with Gasteiger partial charge in [-0.2, -0.15) is 0 Å². The Kier molecular flexibility index (Phi) is 3.57. The molecule has 0 aliphatic heterocycles. The number of ether oxygens (including phenoxy) is 1. The molecule has 8 unspecified atom stereocenters. The van der Waals surface area contributed by atoms with Crippen LogP contribution in [0.3, 0.4) is 0 Å². The molecule has 4 nitrogen and oxygen atoms in total. The second kappa shape index (κ2) is 5.46. The van der Waals surface area contributed by atoms with Crippen molar-refractivity contribution in [2.24, 2.45) is 40.4 Å². The molecule has 0 aromatic heterocycles. The van der Waals surface area contributed by atoms with Crippen LogP contribution in [-0.2, 0) is 19.1 Å². The van der Waals surface area contributed by atoms with Crippen molar-refractivity contribution in [3.63, 3.8) is 0 Å². The maximum atomic E-state index is 12.8. The first-order valence-electron chi connectivity index (χ1n) is 10.8. The SMILES string of the molecule is CC(=O)OC1(C(C)=O)CCC2C3C=CC4=CC(=O)C5CC5C4(C)C3CCC21C. The van der Waals surface area contributed by atoms with Crippen LogP contribution in [-0.4, -0.2) is 23.1 Å². The molecule has 3 saturated carbocycles. The van der Waals surface area contributed by atoms with Gasteiger partial charge in [0.25, 0.3) is 0 Å². The van der Waals surface area contributed by atoms with E-state index in [-0.39, 0.29) is 28.5 Å². The zero-order chi connectivity index (χ0) is 20.1. The Morgan fingerprint density at radius 1 is 1.07 bits per heavy atom. The summed E-state index contributed by atoms with van der Waals surface area (Å²) < 4.78 is 5.82. The molecule has 0 heterocycles. The van der Waals surface area contributed by atoms with E-state index in [1.807, 2.05) is 6.08 Å². The van der Waals surface area contributed by atoms with Crippen molar-refractivity contribution in [3.05, 3.63) is 23.8 Å². The molecular formula is C24H30O4. The molecule has 5 aliphatic carbocycles. The molecule has 3 fully saturated rings. The summed E-state index contributed by atoms with van der Waals surface area (Å²) in [6.45, 7) is 7.55. The summed E-state index contributed by atoms with van der Waals surface area (Å²) in [5, 5.41) is 0. The topological polar surface area (TPSA) is 60.4 Å². The second-order valence-electron chi connectivity index (χ2n) is 10.4. The first-order chi connectivity index (χ1) is 13.1. The predicted molar refractivity (Wildman–Crippen MR) is 104 cm³/mol. The van der Waals surface area contributed by atoms with Gasteiger partial charge in [0.1, 0.15) is 0 Å². The number of esters is 1. The molecule has 0 spiro atoms. The summed E-state index contributed by atoms with van der Waals surface area (Å²) in [4.78, 5) is 37.0. The molecule has 0 radical (unpaired) electrons. The molecule has 0 N–H and O–H groups in total. The third-order valence-corrected chi connectivity index (χ3v) is 9.45. The first kappa shape index (κ1) is 18.3. The van der Waals surface area contributed by atoms with Crippen molar-refractivity contribution in [2.75, 3.05) is 0 Å². The van der Waals surface area contributed by atoms with Crippen LogP contribution in [0.4, 0.5) is 0 Å². The van der Waals surface area contributed by atoms with Crippen molar-refractivity contribution >= 4 is 17.5 Å². The lowest BCUT2D eigenvalue weighted by Gasteiger charge is -2.57. The van der Waals surface area contributed by atoms with Crippen molar-refractivity contribution < 1.29 is 19.1 Å². The summed E-state index contributed by atoms with van der Waals surface area (Å²) in [6, 6.07) is 0. The largest absolute Gasteiger partial charge is 0.451 e. The number of hydrogen-bond donors (Lipinski definition) is 0. The predicted octanol–water partition coefficient (Wildman–Crippen LogP) is 4.04. The van der Waals surface area contributed by atoms with Crippen LogP contribution in [0.25, 0.3) is 0 Å². The van der Waals surface area contributed by atoms with Crippen molar-refractivity contribution in [3.8, 4) is 0 Å². The lowest BCUT2D eigenvalue weighted by atomic mass is 9.47. The lowest BCUT2D eigenvalue weighted by Crippen LogP contribution is -2.58. The molecule has 150 valence electrons. The van der Waals surface area contributed by atoms with E-state index in [2.05, 4.69) is 26.0 Å². The zero-order valence-corrected chi connectivity index (χ0v) is 17.3. The minimum absolute atomic E-state index is 0.0109. The number of rotatable bonds is 2. The molecule has 0 saturated heterocycles. The summed E-state index contributed by atoms with van der Waals surface area (Å²) in [5.74, 6) is 1.87. The maximum Gasteiger partial charge on any atom is 0.303 e. The third kappa shape index (κ3) is 1.99. The standard InChI is InChI=1S/C24H30O4/c1-13(25)24(28-14(2)26)10-8-18-16-6-5-15-11-21(27)17-12-20(17)23(15,4)19(16)7-9-22(18,24)3/h5-6,11,16-20H,7-10,12H2,1-4H3. The van der Waals surface area contributed by atoms with E-state index in [4.69, 9.17) is 4.74 Å². The quantitative estimate of drug-likeness (QED) is 0.676. The number of Topliss-reactive ketones (excluding diaryl/α,β-unsaturated/α-hetero) is 1. The van der Waals surface area contributed by atoms with E-state index in [9.17, 15) is 14.4 Å². The van der Waals surface area contributed by atoms with E-state index in [0.717, 1.165) is 25.7 Å². The molecule has 0 amide bonds. The fourth-order valence-corrected chi connectivity index (χ4v) is 7.96. The van der Waals surface area contributed by atoms with E-state index in [1.165, 1.54) is 12.5 Å². The van der Waals surface area contributed by atoms with Gasteiger partial charge in [-0.15, -0.1) is 0 Å². The Labute approximate surface area is 166 Å². The Morgan fingerprint density at radius 3 is 2.46 bits per heavy atom. The van der Waals surface area contributed by atoms with Gasteiger partial charge in [-0.1, -0.05) is 26.0 Å². The highest BCUT2D eigenvalue weighted by molar-refractivity contribution is 5.97. The van der Waals surface area contributed by atoms with E-state index >= 15 is 0 Å². The van der Waals surface area contributed by atoms with Crippen LogP contribution in [0.1, 0.15) is 59.8 Å². The van der Waals surface area contributed by atoms with Gasteiger partial charge in [-0.05, 0) is 79.8 Å². The van der Waals surface area contributed by atoms with Gasteiger partial charge in [-0.25, -0.2) is 0 Å². The van der Waals surface area contributed by atoms with Crippen LogP contribution >= 0.6 is 0 Å². The summed E-state index contributed by atoms with van der Waals surface area (Å²) >= 11 is 0. The Balaban J connectivity index is 1.56. The van der Waals surface area contributed by atoms with Gasteiger partial charge in [0.15, 0.2) is 17.2 Å². The average Bonchev–Trinajstić information content (AvgIpc) is 3.37.